The molecule has 0 aliphatic heterocycles. The van der Waals surface area contributed by atoms with Gasteiger partial charge in [-0.3, -0.25) is 0 Å². The van der Waals surface area contributed by atoms with Crippen molar-refractivity contribution in [3.8, 4) is 0 Å². The van der Waals surface area contributed by atoms with Crippen molar-refractivity contribution in [2.45, 2.75) is 59.3 Å². The van der Waals surface area contributed by atoms with Crippen LogP contribution >= 0.6 is 0 Å². The van der Waals surface area contributed by atoms with Crippen molar-refractivity contribution in [3.05, 3.63) is 36.5 Å². The van der Waals surface area contributed by atoms with Gasteiger partial charge in [0.1, 0.15) is 0 Å². The molecular formula is C18H30. The zero-order chi connectivity index (χ0) is 13.4. The number of rotatable bonds is 9. The Bertz CT molecular complexity index is 295. The molecule has 1 saturated carbocycles. The van der Waals surface area contributed by atoms with Crippen molar-refractivity contribution in [1.82, 2.24) is 0 Å². The molecule has 0 spiro atoms. The second-order valence-electron chi connectivity index (χ2n) is 5.72. The van der Waals surface area contributed by atoms with E-state index in [9.17, 15) is 0 Å². The lowest BCUT2D eigenvalue weighted by molar-refractivity contribution is 0.416. The van der Waals surface area contributed by atoms with Gasteiger partial charge < -0.3 is 0 Å². The Labute approximate surface area is 114 Å². The summed E-state index contributed by atoms with van der Waals surface area (Å²) < 4.78 is 0. The molecule has 0 aromatic rings. The van der Waals surface area contributed by atoms with Gasteiger partial charge in [0.05, 0.1) is 0 Å². The minimum Gasteiger partial charge on any atom is -0.0988 e. The molecule has 0 amide bonds. The van der Waals surface area contributed by atoms with Crippen LogP contribution in [0.5, 0.6) is 0 Å². The van der Waals surface area contributed by atoms with Gasteiger partial charge in [0.2, 0.25) is 0 Å². The lowest BCUT2D eigenvalue weighted by atomic mass is 9.93. The van der Waals surface area contributed by atoms with E-state index in [1.165, 1.54) is 44.1 Å². The van der Waals surface area contributed by atoms with Crippen LogP contribution in [0.4, 0.5) is 0 Å². The van der Waals surface area contributed by atoms with Gasteiger partial charge >= 0.3 is 0 Å². The number of hydrogen-bond acceptors (Lipinski definition) is 0. The van der Waals surface area contributed by atoms with Gasteiger partial charge in [-0.2, -0.15) is 0 Å². The Morgan fingerprint density at radius 1 is 1.44 bits per heavy atom. The maximum atomic E-state index is 3.82. The second kappa shape index (κ2) is 8.34. The lowest BCUT2D eigenvalue weighted by Crippen LogP contribution is -2.02. The van der Waals surface area contributed by atoms with Crippen LogP contribution in [0, 0.1) is 17.8 Å². The van der Waals surface area contributed by atoms with Gasteiger partial charge in [-0.1, -0.05) is 49.8 Å². The fourth-order valence-corrected chi connectivity index (χ4v) is 2.91. The molecule has 3 unspecified atom stereocenters. The third kappa shape index (κ3) is 5.25. The summed E-state index contributed by atoms with van der Waals surface area (Å²) in [6.45, 7) is 10.4. The highest BCUT2D eigenvalue weighted by atomic mass is 14.5. The first-order chi connectivity index (χ1) is 8.72. The Hall–Kier alpha value is -0.780. The molecule has 0 aromatic heterocycles. The van der Waals surface area contributed by atoms with E-state index in [4.69, 9.17) is 0 Å². The van der Waals surface area contributed by atoms with Crippen molar-refractivity contribution in [2.24, 2.45) is 17.8 Å². The average Bonchev–Trinajstić information content (AvgIpc) is 3.14. The van der Waals surface area contributed by atoms with Crippen molar-refractivity contribution in [2.75, 3.05) is 0 Å². The second-order valence-corrected chi connectivity index (χ2v) is 5.72. The Balaban J connectivity index is 2.25. The molecule has 0 aromatic carbocycles. The van der Waals surface area contributed by atoms with E-state index in [1.54, 1.807) is 0 Å². The number of unbranched alkanes of at least 4 members (excludes halogenated alkanes) is 1. The van der Waals surface area contributed by atoms with Gasteiger partial charge in [0.15, 0.2) is 0 Å². The van der Waals surface area contributed by atoms with E-state index in [0.717, 1.165) is 17.8 Å². The van der Waals surface area contributed by atoms with Crippen LogP contribution in [0.3, 0.4) is 0 Å². The van der Waals surface area contributed by atoms with Gasteiger partial charge in [-0.25, -0.2) is 0 Å². The Morgan fingerprint density at radius 3 is 2.83 bits per heavy atom. The molecule has 1 aliphatic rings. The molecule has 0 radical (unpaired) electrons. The van der Waals surface area contributed by atoms with E-state index in [2.05, 4.69) is 45.6 Å². The third-order valence-corrected chi connectivity index (χ3v) is 4.35. The summed E-state index contributed by atoms with van der Waals surface area (Å²) in [7, 11) is 0. The quantitative estimate of drug-likeness (QED) is 0.269. The Kier molecular flexibility index (Phi) is 7.08. The third-order valence-electron chi connectivity index (χ3n) is 4.35. The molecule has 3 atom stereocenters. The zero-order valence-electron chi connectivity index (χ0n) is 12.5. The Morgan fingerprint density at radius 2 is 2.22 bits per heavy atom. The highest BCUT2D eigenvalue weighted by Gasteiger charge is 2.40. The van der Waals surface area contributed by atoms with Gasteiger partial charge in [-0.15, -0.1) is 0 Å². The summed E-state index contributed by atoms with van der Waals surface area (Å²) in [4.78, 5) is 0. The first-order valence-corrected chi connectivity index (χ1v) is 7.63. The van der Waals surface area contributed by atoms with Crippen molar-refractivity contribution in [1.29, 1.82) is 0 Å². The molecule has 0 heteroatoms. The predicted molar refractivity (Wildman–Crippen MR) is 82.6 cm³/mol. The van der Waals surface area contributed by atoms with E-state index in [-0.39, 0.29) is 0 Å². The largest absolute Gasteiger partial charge is 0.0988 e. The normalized spacial score (nSPS) is 25.4. The number of allylic oxidation sites excluding steroid dienone is 5. The number of hydrogen-bond donors (Lipinski definition) is 0. The molecule has 0 bridgehead atoms. The summed E-state index contributed by atoms with van der Waals surface area (Å²) in [5.74, 6) is 2.94. The minimum atomic E-state index is 0.909. The van der Waals surface area contributed by atoms with Crippen LogP contribution in [0.2, 0.25) is 0 Å². The highest BCUT2D eigenvalue weighted by molar-refractivity contribution is 5.13. The monoisotopic (exact) mass is 246 g/mol. The first-order valence-electron chi connectivity index (χ1n) is 7.63. The maximum absolute atomic E-state index is 3.82. The molecule has 0 heterocycles. The van der Waals surface area contributed by atoms with Crippen LogP contribution in [0.25, 0.3) is 0 Å². The van der Waals surface area contributed by atoms with Crippen LogP contribution < -0.4 is 0 Å². The minimum absolute atomic E-state index is 0.909. The molecule has 102 valence electrons. The summed E-state index contributed by atoms with van der Waals surface area (Å²) in [6.07, 6.45) is 17.0. The van der Waals surface area contributed by atoms with Gasteiger partial charge in [-0.05, 0) is 63.7 Å². The molecule has 0 N–H and O–H groups in total. The van der Waals surface area contributed by atoms with Crippen molar-refractivity contribution < 1.29 is 0 Å². The molecule has 0 saturated heterocycles. The van der Waals surface area contributed by atoms with E-state index < -0.39 is 0 Å². The zero-order valence-corrected chi connectivity index (χ0v) is 12.5. The predicted octanol–water partition coefficient (Wildman–Crippen LogP) is 5.92. The van der Waals surface area contributed by atoms with Gasteiger partial charge in [0.25, 0.3) is 0 Å². The van der Waals surface area contributed by atoms with E-state index in [0.29, 0.717) is 0 Å². The summed E-state index contributed by atoms with van der Waals surface area (Å²) >= 11 is 0. The van der Waals surface area contributed by atoms with Crippen LogP contribution in [-0.4, -0.2) is 0 Å². The SMILES string of the molecule is C=CC(C)=CCC(CC)C1CC1CCCC=CC. The summed E-state index contributed by atoms with van der Waals surface area (Å²) in [5, 5.41) is 0. The van der Waals surface area contributed by atoms with E-state index in [1.807, 2.05) is 6.08 Å². The van der Waals surface area contributed by atoms with Gasteiger partial charge in [0, 0.05) is 0 Å². The topological polar surface area (TPSA) is 0 Å². The average molecular weight is 246 g/mol. The van der Waals surface area contributed by atoms with Crippen LogP contribution in [-0.2, 0) is 0 Å². The smallest absolute Gasteiger partial charge is 0.0314 e. The van der Waals surface area contributed by atoms with E-state index >= 15 is 0 Å². The van der Waals surface area contributed by atoms with Crippen molar-refractivity contribution in [3.63, 3.8) is 0 Å². The summed E-state index contributed by atoms with van der Waals surface area (Å²) in [5.41, 5.74) is 1.33. The van der Waals surface area contributed by atoms with Crippen LogP contribution in [0.15, 0.2) is 36.5 Å². The highest BCUT2D eigenvalue weighted by Crippen LogP contribution is 2.49. The fourth-order valence-electron chi connectivity index (χ4n) is 2.91. The molecule has 0 nitrogen and oxygen atoms in total. The lowest BCUT2D eigenvalue weighted by Gasteiger charge is -2.12. The molecule has 1 fully saturated rings. The van der Waals surface area contributed by atoms with Crippen LogP contribution in [0.1, 0.15) is 59.3 Å². The standard InChI is InChI=1S/C18H30/c1-5-8-9-10-11-17-14-18(17)16(7-3)13-12-15(4)6-2/h5-6,8,12,16-18H,2,7,9-11,13-14H2,1,3-4H3. The van der Waals surface area contributed by atoms with Crippen molar-refractivity contribution >= 4 is 0 Å². The fraction of sp³-hybridized carbons (Fsp3) is 0.667. The summed E-state index contributed by atoms with van der Waals surface area (Å²) in [6, 6.07) is 0. The maximum Gasteiger partial charge on any atom is -0.0314 e. The molecule has 18 heavy (non-hydrogen) atoms. The molecule has 1 rings (SSSR count). The first kappa shape index (κ1) is 15.3. The molecular weight excluding hydrogens is 216 g/mol. The molecule has 1 aliphatic carbocycles.